The number of rotatable bonds is 5. The highest BCUT2D eigenvalue weighted by molar-refractivity contribution is 7.92. The van der Waals surface area contributed by atoms with Crippen LogP contribution < -0.4 is 4.74 Å². The largest absolute Gasteiger partial charge is 0.496 e. The van der Waals surface area contributed by atoms with Crippen molar-refractivity contribution < 1.29 is 21.6 Å². The Kier molecular flexibility index (Phi) is 5.08. The van der Waals surface area contributed by atoms with Gasteiger partial charge in [-0.25, -0.2) is 16.8 Å². The van der Waals surface area contributed by atoms with Crippen LogP contribution in [-0.4, -0.2) is 52.3 Å². The molecule has 23 heavy (non-hydrogen) atoms. The van der Waals surface area contributed by atoms with Gasteiger partial charge in [0.25, 0.3) is 0 Å². The summed E-state index contributed by atoms with van der Waals surface area (Å²) < 4.78 is 56.0. The summed E-state index contributed by atoms with van der Waals surface area (Å²) in [5.41, 5.74) is 1.32. The Balaban J connectivity index is 2.46. The smallest absolute Gasteiger partial charge is 0.243 e. The third-order valence-corrected chi connectivity index (χ3v) is 8.13. The average Bonchev–Trinajstić information content (AvgIpc) is 2.81. The summed E-state index contributed by atoms with van der Waals surface area (Å²) in [5, 5.41) is 0. The highest BCUT2D eigenvalue weighted by atomic mass is 32.2. The van der Waals surface area contributed by atoms with Gasteiger partial charge in [-0.15, -0.1) is 0 Å². The van der Waals surface area contributed by atoms with E-state index in [2.05, 4.69) is 0 Å². The highest BCUT2D eigenvalue weighted by Crippen LogP contribution is 2.30. The molecule has 8 heteroatoms. The molecular formula is C15H23NO5S2. The van der Waals surface area contributed by atoms with E-state index < -0.39 is 25.9 Å². The zero-order valence-electron chi connectivity index (χ0n) is 13.9. The van der Waals surface area contributed by atoms with Crippen molar-refractivity contribution in [1.29, 1.82) is 0 Å². The van der Waals surface area contributed by atoms with Crippen LogP contribution in [0, 0.1) is 13.8 Å². The first-order valence-electron chi connectivity index (χ1n) is 7.50. The molecule has 0 saturated carbocycles. The summed E-state index contributed by atoms with van der Waals surface area (Å²) in [6, 6.07) is 2.80. The fraction of sp³-hybridized carbons (Fsp3) is 0.600. The monoisotopic (exact) mass is 361 g/mol. The summed E-state index contributed by atoms with van der Waals surface area (Å²) in [6.45, 7) is 5.48. The quantitative estimate of drug-likeness (QED) is 0.794. The third kappa shape index (κ3) is 3.54. The van der Waals surface area contributed by atoms with Gasteiger partial charge in [0, 0.05) is 12.6 Å². The summed E-state index contributed by atoms with van der Waals surface area (Å²) in [5.74, 6) is 0.575. The number of sulfonamides is 1. The second kappa shape index (κ2) is 6.41. The normalized spacial score (nSPS) is 20.8. The van der Waals surface area contributed by atoms with Crippen molar-refractivity contribution in [2.24, 2.45) is 0 Å². The molecule has 0 N–H and O–H groups in total. The number of benzene rings is 1. The Bertz CT molecular complexity index is 799. The van der Waals surface area contributed by atoms with Crippen molar-refractivity contribution >= 4 is 19.9 Å². The maximum absolute atomic E-state index is 13.0. The molecular weight excluding hydrogens is 338 g/mol. The van der Waals surface area contributed by atoms with Crippen LogP contribution in [0.4, 0.5) is 0 Å². The molecule has 0 aromatic heterocycles. The van der Waals surface area contributed by atoms with E-state index in [0.717, 1.165) is 5.56 Å². The number of sulfone groups is 1. The van der Waals surface area contributed by atoms with Gasteiger partial charge < -0.3 is 4.74 Å². The topological polar surface area (TPSA) is 80.8 Å². The van der Waals surface area contributed by atoms with Gasteiger partial charge in [0.2, 0.25) is 10.0 Å². The number of methoxy groups -OCH3 is 1. The maximum Gasteiger partial charge on any atom is 0.243 e. The van der Waals surface area contributed by atoms with Gasteiger partial charge >= 0.3 is 0 Å². The molecule has 1 atom stereocenters. The van der Waals surface area contributed by atoms with Crippen LogP contribution >= 0.6 is 0 Å². The molecule has 1 aromatic rings. The molecule has 1 aromatic carbocycles. The van der Waals surface area contributed by atoms with Crippen molar-refractivity contribution in [3.8, 4) is 5.75 Å². The number of ether oxygens (including phenoxy) is 1. The average molecular weight is 361 g/mol. The van der Waals surface area contributed by atoms with Gasteiger partial charge in [-0.2, -0.15) is 4.31 Å². The molecule has 0 aliphatic carbocycles. The maximum atomic E-state index is 13.0. The molecule has 6 nitrogen and oxygen atoms in total. The van der Waals surface area contributed by atoms with Crippen molar-refractivity contribution in [2.45, 2.75) is 38.1 Å². The Morgan fingerprint density at radius 1 is 1.26 bits per heavy atom. The summed E-state index contributed by atoms with van der Waals surface area (Å²) >= 11 is 0. The van der Waals surface area contributed by atoms with Gasteiger partial charge in [0.15, 0.2) is 9.84 Å². The van der Waals surface area contributed by atoms with Crippen LogP contribution in [0.3, 0.4) is 0 Å². The van der Waals surface area contributed by atoms with Gasteiger partial charge in [-0.3, -0.25) is 0 Å². The molecule has 1 heterocycles. The molecule has 2 rings (SSSR count). The number of nitrogens with zero attached hydrogens (tertiary/aromatic N) is 1. The third-order valence-electron chi connectivity index (χ3n) is 4.21. The minimum Gasteiger partial charge on any atom is -0.496 e. The van der Waals surface area contributed by atoms with E-state index in [4.69, 9.17) is 4.74 Å². The lowest BCUT2D eigenvalue weighted by atomic mass is 10.1. The molecule has 0 bridgehead atoms. The molecule has 1 aliphatic heterocycles. The lowest BCUT2D eigenvalue weighted by molar-refractivity contribution is 0.354. The Morgan fingerprint density at radius 3 is 2.39 bits per heavy atom. The Morgan fingerprint density at radius 2 is 1.91 bits per heavy atom. The van der Waals surface area contributed by atoms with Crippen molar-refractivity contribution in [1.82, 2.24) is 4.31 Å². The Hall–Kier alpha value is -1.12. The van der Waals surface area contributed by atoms with Crippen LogP contribution in [0.25, 0.3) is 0 Å². The first-order chi connectivity index (χ1) is 10.6. The lowest BCUT2D eigenvalue weighted by Gasteiger charge is -2.27. The molecule has 0 amide bonds. The van der Waals surface area contributed by atoms with E-state index >= 15 is 0 Å². The summed E-state index contributed by atoms with van der Waals surface area (Å²) in [4.78, 5) is 0.210. The predicted molar refractivity (Wildman–Crippen MR) is 89.1 cm³/mol. The fourth-order valence-electron chi connectivity index (χ4n) is 3.01. The van der Waals surface area contributed by atoms with Crippen LogP contribution in [0.15, 0.2) is 17.0 Å². The highest BCUT2D eigenvalue weighted by Gasteiger charge is 2.38. The van der Waals surface area contributed by atoms with E-state index in [1.54, 1.807) is 32.9 Å². The van der Waals surface area contributed by atoms with E-state index in [-0.39, 0.29) is 22.9 Å². The number of aryl methyl sites for hydroxylation is 2. The van der Waals surface area contributed by atoms with Crippen molar-refractivity contribution in [2.75, 3.05) is 25.2 Å². The molecule has 1 fully saturated rings. The molecule has 130 valence electrons. The molecule has 1 saturated heterocycles. The van der Waals surface area contributed by atoms with Crippen molar-refractivity contribution in [3.05, 3.63) is 23.3 Å². The van der Waals surface area contributed by atoms with E-state index in [0.29, 0.717) is 17.7 Å². The lowest BCUT2D eigenvalue weighted by Crippen LogP contribution is -2.41. The zero-order chi connectivity index (χ0) is 17.4. The second-order valence-corrected chi connectivity index (χ2v) is 9.94. The van der Waals surface area contributed by atoms with E-state index in [1.807, 2.05) is 0 Å². The van der Waals surface area contributed by atoms with Gasteiger partial charge in [0.05, 0.1) is 23.5 Å². The number of hydrogen-bond acceptors (Lipinski definition) is 5. The minimum absolute atomic E-state index is 0.0459. The second-order valence-electron chi connectivity index (χ2n) is 5.85. The van der Waals surface area contributed by atoms with E-state index in [1.165, 1.54) is 11.4 Å². The molecule has 1 aliphatic rings. The van der Waals surface area contributed by atoms with Gasteiger partial charge in [0.1, 0.15) is 5.75 Å². The van der Waals surface area contributed by atoms with Crippen LogP contribution in [0.2, 0.25) is 0 Å². The predicted octanol–water partition coefficient (Wildman–Crippen LogP) is 1.51. The standard InChI is InChI=1S/C15H23NO5S2/c1-5-16(13-6-7-22(17,18)10-13)23(19,20)15-9-11(2)14(21-4)8-12(15)3/h8-9,13H,5-7,10H2,1-4H3. The Labute approximate surface area is 138 Å². The minimum atomic E-state index is -3.75. The van der Waals surface area contributed by atoms with E-state index in [9.17, 15) is 16.8 Å². The molecule has 0 radical (unpaired) electrons. The van der Waals surface area contributed by atoms with Crippen LogP contribution in [-0.2, 0) is 19.9 Å². The fourth-order valence-corrected chi connectivity index (χ4v) is 6.80. The summed E-state index contributed by atoms with van der Waals surface area (Å²) in [6.07, 6.45) is 0.351. The van der Waals surface area contributed by atoms with Crippen molar-refractivity contribution in [3.63, 3.8) is 0 Å². The van der Waals surface area contributed by atoms with Crippen LogP contribution in [0.1, 0.15) is 24.5 Å². The summed E-state index contributed by atoms with van der Waals surface area (Å²) in [7, 11) is -5.36. The molecule has 1 unspecified atom stereocenters. The van der Waals surface area contributed by atoms with Crippen LogP contribution in [0.5, 0.6) is 5.75 Å². The first kappa shape index (κ1) is 18.2. The number of hydrogen-bond donors (Lipinski definition) is 0. The zero-order valence-corrected chi connectivity index (χ0v) is 15.5. The molecule has 0 spiro atoms. The van der Waals surface area contributed by atoms with Gasteiger partial charge in [-0.1, -0.05) is 6.92 Å². The first-order valence-corrected chi connectivity index (χ1v) is 10.8. The van der Waals surface area contributed by atoms with Gasteiger partial charge in [-0.05, 0) is 43.5 Å². The SMILES string of the molecule is CCN(C1CCS(=O)(=O)C1)S(=O)(=O)c1cc(C)c(OC)cc1C.